The molecule has 0 bridgehead atoms. The number of rotatable bonds is 5. The van der Waals surface area contributed by atoms with E-state index in [1.165, 1.54) is 0 Å². The maximum Gasteiger partial charge on any atom is 0.345 e. The van der Waals surface area contributed by atoms with Crippen LogP contribution in [0.3, 0.4) is 0 Å². The van der Waals surface area contributed by atoms with Crippen LogP contribution in [0.15, 0.2) is 85.7 Å². The van der Waals surface area contributed by atoms with Crippen molar-refractivity contribution in [3.05, 3.63) is 92.5 Å². The Morgan fingerprint density at radius 2 is 1.94 bits per heavy atom. The topological polar surface area (TPSA) is 115 Å². The summed E-state index contributed by atoms with van der Waals surface area (Å²) in [5.74, 6) is -0.583. The summed E-state index contributed by atoms with van der Waals surface area (Å²) in [5, 5.41) is 10.8. The van der Waals surface area contributed by atoms with E-state index < -0.39 is 23.7 Å². The molecule has 182 valence electrons. The van der Waals surface area contributed by atoms with E-state index in [0.29, 0.717) is 22.2 Å². The van der Waals surface area contributed by atoms with Crippen LogP contribution < -0.4 is 16.3 Å². The maximum absolute atomic E-state index is 13.1. The Hall–Kier alpha value is -4.18. The molecule has 1 atom stereocenters. The van der Waals surface area contributed by atoms with Crippen molar-refractivity contribution in [1.82, 2.24) is 20.4 Å². The summed E-state index contributed by atoms with van der Waals surface area (Å²) >= 11 is 3.44. The first kappa shape index (κ1) is 23.6. The van der Waals surface area contributed by atoms with Crippen molar-refractivity contribution in [3.8, 4) is 16.9 Å². The van der Waals surface area contributed by atoms with E-state index in [9.17, 15) is 14.4 Å². The molecule has 2 N–H and O–H groups in total. The van der Waals surface area contributed by atoms with Gasteiger partial charge in [-0.2, -0.15) is 5.10 Å². The third kappa shape index (κ3) is 4.31. The van der Waals surface area contributed by atoms with E-state index in [1.54, 1.807) is 42.9 Å². The second-order valence-corrected chi connectivity index (χ2v) is 9.05. The van der Waals surface area contributed by atoms with Gasteiger partial charge < -0.3 is 19.8 Å². The molecule has 9 nitrogen and oxygen atoms in total. The number of halogens is 1. The molecular formula is C26H21BrN4O5. The third-order valence-corrected chi connectivity index (χ3v) is 6.28. The van der Waals surface area contributed by atoms with E-state index in [1.807, 2.05) is 36.4 Å². The van der Waals surface area contributed by atoms with Crippen LogP contribution in [0.2, 0.25) is 0 Å². The van der Waals surface area contributed by atoms with Gasteiger partial charge in [0.15, 0.2) is 0 Å². The SMILES string of the molecule is CCOC(=O)C1=C(C)NC(=O)NC1c1cn(-c2ccccc2)nc1-c1cc2cc(Br)ccc2oc1=O. The first-order valence-corrected chi connectivity index (χ1v) is 12.0. The van der Waals surface area contributed by atoms with Crippen molar-refractivity contribution < 1.29 is 18.7 Å². The molecule has 4 aromatic rings. The van der Waals surface area contributed by atoms with Gasteiger partial charge in [-0.05, 0) is 50.2 Å². The second-order valence-electron chi connectivity index (χ2n) is 8.13. The Morgan fingerprint density at radius 3 is 2.69 bits per heavy atom. The largest absolute Gasteiger partial charge is 0.463 e. The number of aromatic nitrogens is 2. The van der Waals surface area contributed by atoms with Crippen LogP contribution in [-0.4, -0.2) is 28.4 Å². The molecule has 2 aromatic carbocycles. The summed E-state index contributed by atoms with van der Waals surface area (Å²) in [6.07, 6.45) is 1.69. The fraction of sp³-hybridized carbons (Fsp3) is 0.154. The molecule has 10 heteroatoms. The zero-order valence-corrected chi connectivity index (χ0v) is 21.0. The number of nitrogens with one attached hydrogen (secondary N) is 2. The van der Waals surface area contributed by atoms with Gasteiger partial charge in [-0.3, -0.25) is 0 Å². The maximum atomic E-state index is 13.1. The first-order chi connectivity index (χ1) is 17.4. The molecule has 1 unspecified atom stereocenters. The fourth-order valence-corrected chi connectivity index (χ4v) is 4.57. The molecule has 3 heterocycles. The zero-order valence-electron chi connectivity index (χ0n) is 19.4. The van der Waals surface area contributed by atoms with Gasteiger partial charge in [0.2, 0.25) is 0 Å². The lowest BCUT2D eigenvalue weighted by Crippen LogP contribution is -2.45. The molecule has 0 radical (unpaired) electrons. The molecule has 2 amide bonds. The lowest BCUT2D eigenvalue weighted by Gasteiger charge is -2.27. The van der Waals surface area contributed by atoms with Crippen LogP contribution >= 0.6 is 15.9 Å². The number of nitrogens with zero attached hydrogens (tertiary/aromatic N) is 2. The van der Waals surface area contributed by atoms with Crippen molar-refractivity contribution in [3.63, 3.8) is 0 Å². The molecule has 2 aromatic heterocycles. The number of ether oxygens (including phenoxy) is 1. The highest BCUT2D eigenvalue weighted by Crippen LogP contribution is 2.35. The molecule has 1 aliphatic heterocycles. The van der Waals surface area contributed by atoms with E-state index in [0.717, 1.165) is 10.2 Å². The van der Waals surface area contributed by atoms with Crippen LogP contribution in [0.25, 0.3) is 27.9 Å². The Balaban J connectivity index is 1.76. The number of esters is 1. The predicted molar refractivity (Wildman–Crippen MR) is 136 cm³/mol. The molecule has 0 fully saturated rings. The molecule has 0 spiro atoms. The Kier molecular flexibility index (Phi) is 6.19. The van der Waals surface area contributed by atoms with Crippen LogP contribution in [0.1, 0.15) is 25.5 Å². The van der Waals surface area contributed by atoms with Crippen LogP contribution in [-0.2, 0) is 9.53 Å². The smallest absolute Gasteiger partial charge is 0.345 e. The normalized spacial score (nSPS) is 15.5. The summed E-state index contributed by atoms with van der Waals surface area (Å²) in [6.45, 7) is 3.49. The minimum Gasteiger partial charge on any atom is -0.463 e. The summed E-state index contributed by atoms with van der Waals surface area (Å²) < 4.78 is 13.3. The standard InChI is InChI=1S/C26H21BrN4O5/c1-3-35-25(33)21-14(2)28-26(34)29-23(21)19-13-31(17-7-5-4-6-8-17)30-22(19)18-12-15-11-16(27)9-10-20(15)36-24(18)32/h4-13,23H,3H2,1-2H3,(H2,28,29,34). The highest BCUT2D eigenvalue weighted by atomic mass is 79.9. The van der Waals surface area contributed by atoms with Gasteiger partial charge in [0.25, 0.3) is 0 Å². The van der Waals surface area contributed by atoms with Gasteiger partial charge >= 0.3 is 17.6 Å². The highest BCUT2D eigenvalue weighted by molar-refractivity contribution is 9.10. The van der Waals surface area contributed by atoms with Crippen LogP contribution in [0, 0.1) is 0 Å². The van der Waals surface area contributed by atoms with E-state index in [4.69, 9.17) is 14.3 Å². The molecule has 0 aliphatic carbocycles. The monoisotopic (exact) mass is 548 g/mol. The molecule has 36 heavy (non-hydrogen) atoms. The molecule has 0 saturated carbocycles. The molecule has 5 rings (SSSR count). The average Bonchev–Trinajstić information content (AvgIpc) is 3.29. The zero-order chi connectivity index (χ0) is 25.4. The second kappa shape index (κ2) is 9.46. The van der Waals surface area contributed by atoms with E-state index >= 15 is 0 Å². The van der Waals surface area contributed by atoms with Crippen molar-refractivity contribution in [2.45, 2.75) is 19.9 Å². The molecular weight excluding hydrogens is 528 g/mol. The highest BCUT2D eigenvalue weighted by Gasteiger charge is 2.35. The number of carbonyl (C=O) groups excluding carboxylic acids is 2. The number of para-hydroxylation sites is 1. The van der Waals surface area contributed by atoms with Crippen molar-refractivity contribution in [2.75, 3.05) is 6.61 Å². The quantitative estimate of drug-likeness (QED) is 0.278. The van der Waals surface area contributed by atoms with E-state index in [2.05, 4.69) is 26.6 Å². The number of carbonyl (C=O) groups is 2. The minimum absolute atomic E-state index is 0.162. The van der Waals surface area contributed by atoms with Crippen molar-refractivity contribution >= 4 is 38.9 Å². The summed E-state index contributed by atoms with van der Waals surface area (Å²) in [7, 11) is 0. The minimum atomic E-state index is -0.914. The first-order valence-electron chi connectivity index (χ1n) is 11.2. The van der Waals surface area contributed by atoms with Gasteiger partial charge in [0, 0.05) is 27.3 Å². The lowest BCUT2D eigenvalue weighted by molar-refractivity contribution is -0.139. The number of urea groups is 1. The number of benzene rings is 2. The van der Waals surface area contributed by atoms with Crippen molar-refractivity contribution in [1.29, 1.82) is 0 Å². The van der Waals surface area contributed by atoms with Gasteiger partial charge in [-0.1, -0.05) is 34.1 Å². The Bertz CT molecular complexity index is 1590. The van der Waals surface area contributed by atoms with Gasteiger partial charge in [-0.15, -0.1) is 0 Å². The van der Waals surface area contributed by atoms with Gasteiger partial charge in [0.05, 0.1) is 29.5 Å². The number of hydrogen-bond acceptors (Lipinski definition) is 6. The van der Waals surface area contributed by atoms with Gasteiger partial charge in [0.1, 0.15) is 11.3 Å². The van der Waals surface area contributed by atoms with E-state index in [-0.39, 0.29) is 23.4 Å². The number of hydrogen-bond donors (Lipinski definition) is 2. The van der Waals surface area contributed by atoms with Crippen LogP contribution in [0.4, 0.5) is 4.79 Å². The Labute approximate surface area is 213 Å². The van der Waals surface area contributed by atoms with Gasteiger partial charge in [-0.25, -0.2) is 19.1 Å². The number of allylic oxidation sites excluding steroid dienone is 1. The number of fused-ring (bicyclic) bond motifs is 1. The molecule has 0 saturated heterocycles. The number of amides is 2. The summed E-state index contributed by atoms with van der Waals surface area (Å²) in [4.78, 5) is 38.5. The van der Waals surface area contributed by atoms with Crippen molar-refractivity contribution in [2.24, 2.45) is 0 Å². The average molecular weight is 549 g/mol. The predicted octanol–water partition coefficient (Wildman–Crippen LogP) is 4.60. The summed E-state index contributed by atoms with van der Waals surface area (Å²) in [5.41, 5.74) is 2.05. The third-order valence-electron chi connectivity index (χ3n) is 5.79. The Morgan fingerprint density at radius 1 is 1.17 bits per heavy atom. The summed E-state index contributed by atoms with van der Waals surface area (Å²) in [6, 6.07) is 14.9. The molecule has 1 aliphatic rings. The van der Waals surface area contributed by atoms with Crippen LogP contribution in [0.5, 0.6) is 0 Å². The lowest BCUT2D eigenvalue weighted by atomic mass is 9.94. The fourth-order valence-electron chi connectivity index (χ4n) is 4.19.